The van der Waals surface area contributed by atoms with Gasteiger partial charge in [-0.05, 0) is 24.3 Å². The predicted octanol–water partition coefficient (Wildman–Crippen LogP) is 3.88. The molecule has 3 aromatic carbocycles. The molecule has 0 spiro atoms. The van der Waals surface area contributed by atoms with Crippen LogP contribution in [-0.2, 0) is 0 Å². The highest BCUT2D eigenvalue weighted by molar-refractivity contribution is 5.97. The molecule has 0 heterocycles. The third-order valence-corrected chi connectivity index (χ3v) is 3.34. The Morgan fingerprint density at radius 3 is 2.22 bits per heavy atom. The second kappa shape index (κ2) is 5.76. The summed E-state index contributed by atoms with van der Waals surface area (Å²) in [6.07, 6.45) is 0. The lowest BCUT2D eigenvalue weighted by Crippen LogP contribution is -1.92. The third kappa shape index (κ3) is 2.82. The number of benzene rings is 3. The van der Waals surface area contributed by atoms with Crippen LogP contribution in [0.3, 0.4) is 0 Å². The average Bonchev–Trinajstić information content (AvgIpc) is 2.57. The highest BCUT2D eigenvalue weighted by Gasteiger charge is 2.11. The van der Waals surface area contributed by atoms with Crippen molar-refractivity contribution < 1.29 is 20.1 Å². The Kier molecular flexibility index (Phi) is 3.64. The van der Waals surface area contributed by atoms with Crippen molar-refractivity contribution in [2.45, 2.75) is 0 Å². The van der Waals surface area contributed by atoms with Crippen molar-refractivity contribution in [3.05, 3.63) is 60.2 Å². The molecule has 0 saturated heterocycles. The summed E-state index contributed by atoms with van der Waals surface area (Å²) >= 11 is 0. The Morgan fingerprint density at radius 2 is 1.52 bits per heavy atom. The van der Waals surface area contributed by atoms with E-state index in [1.54, 1.807) is 24.3 Å². The van der Waals surface area contributed by atoms with Crippen molar-refractivity contribution in [1.82, 2.24) is 0 Å². The predicted molar refractivity (Wildman–Crippen MR) is 84.2 cm³/mol. The first kappa shape index (κ1) is 14.5. The minimum Gasteiger partial charge on any atom is -0.508 e. The molecule has 0 saturated carbocycles. The monoisotopic (exact) mass is 308 g/mol. The van der Waals surface area contributed by atoms with E-state index < -0.39 is 5.91 Å². The molecule has 0 fully saturated rings. The van der Waals surface area contributed by atoms with Gasteiger partial charge in [-0.1, -0.05) is 24.3 Å². The number of rotatable bonds is 2. The van der Waals surface area contributed by atoms with Crippen LogP contribution in [-0.4, -0.2) is 21.2 Å². The molecule has 23 heavy (non-hydrogen) atoms. The van der Waals surface area contributed by atoms with E-state index in [0.717, 1.165) is 0 Å². The maximum absolute atomic E-state index is 11.9. The minimum absolute atomic E-state index is 0.00618. The van der Waals surface area contributed by atoms with Gasteiger partial charge in [0.2, 0.25) is 0 Å². The van der Waals surface area contributed by atoms with Gasteiger partial charge in [0.1, 0.15) is 17.2 Å². The van der Waals surface area contributed by atoms with Gasteiger partial charge >= 0.3 is 0 Å². The van der Waals surface area contributed by atoms with Crippen LogP contribution >= 0.6 is 0 Å². The molecule has 0 unspecified atom stereocenters. The van der Waals surface area contributed by atoms with Gasteiger partial charge in [-0.2, -0.15) is 0 Å². The van der Waals surface area contributed by atoms with Gasteiger partial charge in [0.15, 0.2) is 5.75 Å². The van der Waals surface area contributed by atoms with Gasteiger partial charge in [-0.3, -0.25) is 4.79 Å². The van der Waals surface area contributed by atoms with Gasteiger partial charge in [-0.25, -0.2) is 0 Å². The second-order valence-corrected chi connectivity index (χ2v) is 4.86. The van der Waals surface area contributed by atoms with Crippen LogP contribution in [0, 0.1) is 0 Å². The smallest absolute Gasteiger partial charge is 0.295 e. The van der Waals surface area contributed by atoms with Gasteiger partial charge in [0, 0.05) is 22.4 Å². The normalized spacial score (nSPS) is 11.1. The number of nitrogens with zero attached hydrogens (tertiary/aromatic N) is 2. The number of fused-ring (bicyclic) bond motifs is 1. The Bertz CT molecular complexity index is 918. The molecule has 0 aliphatic rings. The van der Waals surface area contributed by atoms with Gasteiger partial charge < -0.3 is 15.3 Å². The van der Waals surface area contributed by atoms with Gasteiger partial charge in [0.05, 0.1) is 0 Å². The van der Waals surface area contributed by atoms with Crippen LogP contribution in [0.2, 0.25) is 0 Å². The fourth-order valence-corrected chi connectivity index (χ4v) is 2.16. The number of aromatic hydroxyl groups is 3. The molecule has 3 rings (SSSR count). The quantitative estimate of drug-likeness (QED) is 0.493. The molecule has 0 radical (unpaired) electrons. The Labute approximate surface area is 131 Å². The topological polar surface area (TPSA) is 102 Å². The number of carbonyl (C=O) groups is 1. The first-order chi connectivity index (χ1) is 11.1. The van der Waals surface area contributed by atoms with Crippen molar-refractivity contribution in [2.75, 3.05) is 0 Å². The molecule has 1 amide bonds. The lowest BCUT2D eigenvalue weighted by Gasteiger charge is -2.05. The van der Waals surface area contributed by atoms with Gasteiger partial charge in [0.25, 0.3) is 5.91 Å². The fourth-order valence-electron chi connectivity index (χ4n) is 2.16. The third-order valence-electron chi connectivity index (χ3n) is 3.34. The summed E-state index contributed by atoms with van der Waals surface area (Å²) in [6.45, 7) is 0. The van der Waals surface area contributed by atoms with Crippen LogP contribution in [0.25, 0.3) is 10.8 Å². The highest BCUT2D eigenvalue weighted by atomic mass is 16.3. The van der Waals surface area contributed by atoms with Crippen LogP contribution in [0.15, 0.2) is 64.8 Å². The Morgan fingerprint density at radius 1 is 0.870 bits per heavy atom. The maximum Gasteiger partial charge on any atom is 0.295 e. The van der Waals surface area contributed by atoms with Crippen LogP contribution in [0.1, 0.15) is 10.4 Å². The number of phenolic OH excluding ortho intramolecular Hbond substituents is 3. The number of amides is 1. The highest BCUT2D eigenvalue weighted by Crippen LogP contribution is 2.40. The molecule has 6 nitrogen and oxygen atoms in total. The molecular weight excluding hydrogens is 296 g/mol. The van der Waals surface area contributed by atoms with E-state index in [1.807, 2.05) is 0 Å². The lowest BCUT2D eigenvalue weighted by atomic mass is 10.1. The van der Waals surface area contributed by atoms with Crippen LogP contribution in [0.4, 0.5) is 5.69 Å². The fraction of sp³-hybridized carbons (Fsp3) is 0. The lowest BCUT2D eigenvalue weighted by molar-refractivity contribution is 0.0995. The first-order valence-corrected chi connectivity index (χ1v) is 6.75. The molecule has 6 heteroatoms. The van der Waals surface area contributed by atoms with E-state index in [9.17, 15) is 20.1 Å². The number of azo groups is 1. The Hall–Kier alpha value is -3.41. The SMILES string of the molecule is O=C(N=Nc1cc(O)c2ccccc2c1O)c1ccc(O)cc1. The molecular formula is C17H12N2O4. The van der Waals surface area contributed by atoms with E-state index >= 15 is 0 Å². The van der Waals surface area contributed by atoms with E-state index in [1.165, 1.54) is 30.3 Å². The summed E-state index contributed by atoms with van der Waals surface area (Å²) in [5.74, 6) is -0.822. The Balaban J connectivity index is 1.96. The number of hydrogen-bond acceptors (Lipinski definition) is 5. The van der Waals surface area contributed by atoms with E-state index in [-0.39, 0.29) is 28.5 Å². The van der Waals surface area contributed by atoms with E-state index in [4.69, 9.17) is 0 Å². The molecule has 0 aliphatic heterocycles. The van der Waals surface area contributed by atoms with Crippen molar-refractivity contribution in [1.29, 1.82) is 0 Å². The largest absolute Gasteiger partial charge is 0.508 e. The number of carbonyl (C=O) groups excluding carboxylic acids is 1. The maximum atomic E-state index is 11.9. The molecule has 3 aromatic rings. The zero-order valence-corrected chi connectivity index (χ0v) is 11.8. The summed E-state index contributed by atoms with van der Waals surface area (Å²) in [4.78, 5) is 11.9. The van der Waals surface area contributed by atoms with E-state index in [2.05, 4.69) is 10.2 Å². The van der Waals surface area contributed by atoms with Gasteiger partial charge in [-0.15, -0.1) is 10.2 Å². The molecule has 114 valence electrons. The van der Waals surface area contributed by atoms with Crippen molar-refractivity contribution in [2.24, 2.45) is 10.2 Å². The number of phenols is 3. The second-order valence-electron chi connectivity index (χ2n) is 4.86. The summed E-state index contributed by atoms with van der Waals surface area (Å²) in [7, 11) is 0. The van der Waals surface area contributed by atoms with E-state index in [0.29, 0.717) is 10.8 Å². The van der Waals surface area contributed by atoms with Crippen molar-refractivity contribution >= 4 is 22.4 Å². The number of hydrogen-bond donors (Lipinski definition) is 3. The summed E-state index contributed by atoms with van der Waals surface area (Å²) in [5.41, 5.74) is 0.240. The standard InChI is InChI=1S/C17H12N2O4/c20-11-7-5-10(6-8-11)17(23)19-18-14-9-15(21)12-3-1-2-4-13(12)16(14)22/h1-9,20-22H. The summed E-state index contributed by atoms with van der Waals surface area (Å²) in [5, 5.41) is 37.5. The van der Waals surface area contributed by atoms with Crippen molar-refractivity contribution in [3.8, 4) is 17.2 Å². The minimum atomic E-state index is -0.628. The summed E-state index contributed by atoms with van der Waals surface area (Å²) in [6, 6.07) is 13.5. The van der Waals surface area contributed by atoms with Crippen LogP contribution < -0.4 is 0 Å². The molecule has 0 aromatic heterocycles. The average molecular weight is 308 g/mol. The first-order valence-electron chi connectivity index (χ1n) is 6.75. The van der Waals surface area contributed by atoms with Crippen molar-refractivity contribution in [3.63, 3.8) is 0 Å². The molecule has 3 N–H and O–H groups in total. The van der Waals surface area contributed by atoms with Crippen LogP contribution in [0.5, 0.6) is 17.2 Å². The molecule has 0 bridgehead atoms. The molecule has 0 aliphatic carbocycles. The molecule has 0 atom stereocenters. The summed E-state index contributed by atoms with van der Waals surface area (Å²) < 4.78 is 0. The zero-order chi connectivity index (χ0) is 16.4. The zero-order valence-electron chi connectivity index (χ0n) is 11.8.